The van der Waals surface area contributed by atoms with Crippen LogP contribution in [-0.2, 0) is 4.74 Å². The first-order valence-corrected chi connectivity index (χ1v) is 11.1. The van der Waals surface area contributed by atoms with E-state index < -0.39 is 5.60 Å². The highest BCUT2D eigenvalue weighted by Crippen LogP contribution is 2.35. The number of anilines is 1. The predicted molar refractivity (Wildman–Crippen MR) is 119 cm³/mol. The summed E-state index contributed by atoms with van der Waals surface area (Å²) in [4.78, 5) is 25.5. The average Bonchev–Trinajstić information content (AvgIpc) is 3.25. The first-order valence-electron chi connectivity index (χ1n) is 9.88. The number of oxazole rings is 1. The molecule has 0 saturated carbocycles. The first kappa shape index (κ1) is 20.9. The Morgan fingerprint density at radius 1 is 1.30 bits per heavy atom. The van der Waals surface area contributed by atoms with Crippen LogP contribution < -0.4 is 4.90 Å². The molecule has 160 valence electrons. The van der Waals surface area contributed by atoms with Gasteiger partial charge in [0.1, 0.15) is 11.1 Å². The molecule has 1 saturated heterocycles. The van der Waals surface area contributed by atoms with Gasteiger partial charge in [-0.3, -0.25) is 0 Å². The normalized spacial score (nSPS) is 17.6. The van der Waals surface area contributed by atoms with Crippen molar-refractivity contribution in [2.24, 2.45) is 0 Å². The summed E-state index contributed by atoms with van der Waals surface area (Å²) in [7, 11) is 0. The van der Waals surface area contributed by atoms with E-state index in [1.807, 2.05) is 46.1 Å². The van der Waals surface area contributed by atoms with E-state index in [0.717, 1.165) is 16.3 Å². The number of nitrogens with zero attached hydrogens (tertiary/aromatic N) is 4. The molecule has 3 heterocycles. The molecule has 0 radical (unpaired) electrons. The monoisotopic (exact) mass is 448 g/mol. The van der Waals surface area contributed by atoms with E-state index in [1.165, 1.54) is 0 Å². The van der Waals surface area contributed by atoms with E-state index in [-0.39, 0.29) is 12.1 Å². The summed E-state index contributed by atoms with van der Waals surface area (Å²) < 4.78 is 11.7. The molecule has 3 aromatic rings. The summed E-state index contributed by atoms with van der Waals surface area (Å²) in [6, 6.07) is 4.21. The van der Waals surface area contributed by atoms with Crippen LogP contribution in [-0.4, -0.2) is 52.2 Å². The second kappa shape index (κ2) is 7.74. The number of aromatic nitrogens is 2. The van der Waals surface area contributed by atoms with Gasteiger partial charge in [0.05, 0.1) is 10.7 Å². The summed E-state index contributed by atoms with van der Waals surface area (Å²) >= 11 is 7.91. The van der Waals surface area contributed by atoms with Crippen molar-refractivity contribution in [3.8, 4) is 11.3 Å². The van der Waals surface area contributed by atoms with Crippen molar-refractivity contribution in [1.29, 1.82) is 0 Å². The molecule has 9 heteroatoms. The highest BCUT2D eigenvalue weighted by atomic mass is 35.5. The van der Waals surface area contributed by atoms with Gasteiger partial charge in [0.15, 0.2) is 5.58 Å². The Bertz CT molecular complexity index is 1090. The number of ether oxygens (including phenoxy) is 1. The smallest absolute Gasteiger partial charge is 0.410 e. The van der Waals surface area contributed by atoms with Crippen molar-refractivity contribution >= 4 is 46.1 Å². The third-order valence-electron chi connectivity index (χ3n) is 4.86. The van der Waals surface area contributed by atoms with Gasteiger partial charge < -0.3 is 19.0 Å². The van der Waals surface area contributed by atoms with Crippen molar-refractivity contribution in [1.82, 2.24) is 14.9 Å². The number of thiazole rings is 1. The molecule has 4 rings (SSSR count). The molecule has 30 heavy (non-hydrogen) atoms. The number of fused-ring (bicyclic) bond motifs is 1. The maximum Gasteiger partial charge on any atom is 0.410 e. The van der Waals surface area contributed by atoms with E-state index in [4.69, 9.17) is 20.8 Å². The summed E-state index contributed by atoms with van der Waals surface area (Å²) in [6.07, 6.45) is -0.292. The fraction of sp³-hybridized carbons (Fsp3) is 0.476. The van der Waals surface area contributed by atoms with Gasteiger partial charge in [0.25, 0.3) is 6.01 Å². The lowest BCUT2D eigenvalue weighted by Gasteiger charge is -2.39. The van der Waals surface area contributed by atoms with Gasteiger partial charge in [-0.15, -0.1) is 11.3 Å². The van der Waals surface area contributed by atoms with Gasteiger partial charge >= 0.3 is 6.09 Å². The molecule has 1 aliphatic heterocycles. The number of carbonyl (C=O) groups is 1. The lowest BCUT2D eigenvalue weighted by Crippen LogP contribution is -2.54. The fourth-order valence-electron chi connectivity index (χ4n) is 3.52. The highest BCUT2D eigenvalue weighted by molar-refractivity contribution is 7.09. The number of hydrogen-bond acceptors (Lipinski definition) is 7. The third kappa shape index (κ3) is 4.25. The van der Waals surface area contributed by atoms with Crippen LogP contribution in [0.1, 0.15) is 32.7 Å². The molecule has 0 aliphatic carbocycles. The zero-order valence-electron chi connectivity index (χ0n) is 17.7. The quantitative estimate of drug-likeness (QED) is 0.525. The number of piperazine rings is 1. The Hall–Kier alpha value is -2.32. The number of halogens is 1. The Balaban J connectivity index is 1.59. The number of carbonyl (C=O) groups excluding carboxylic acids is 1. The summed E-state index contributed by atoms with van der Waals surface area (Å²) in [5.41, 5.74) is 2.51. The number of hydrogen-bond donors (Lipinski definition) is 0. The maximum absolute atomic E-state index is 12.4. The minimum atomic E-state index is -0.512. The fourth-order valence-corrected chi connectivity index (χ4v) is 4.35. The number of aryl methyl sites for hydroxylation is 1. The molecular formula is C21H25ClN4O3S. The van der Waals surface area contributed by atoms with Crippen molar-refractivity contribution in [2.45, 2.75) is 46.3 Å². The van der Waals surface area contributed by atoms with Gasteiger partial charge in [-0.05, 0) is 46.8 Å². The van der Waals surface area contributed by atoms with Crippen LogP contribution in [0.15, 0.2) is 21.9 Å². The minimum absolute atomic E-state index is 0.0276. The predicted octanol–water partition coefficient (Wildman–Crippen LogP) is 5.36. The molecule has 1 aromatic carbocycles. The van der Waals surface area contributed by atoms with E-state index >= 15 is 0 Å². The molecule has 1 fully saturated rings. The van der Waals surface area contributed by atoms with Gasteiger partial charge in [-0.2, -0.15) is 4.98 Å². The minimum Gasteiger partial charge on any atom is -0.444 e. The standard InChI is InChI=1S/C21H25ClN4O3S/c1-12-10-25(20(27)29-21(3,4)5)6-7-26(12)19-24-16-9-14(22)8-15(18(16)28-19)17-11-30-13(2)23-17/h8-9,11-12H,6-7,10H2,1-5H3. The molecule has 1 amide bonds. The zero-order valence-corrected chi connectivity index (χ0v) is 19.3. The van der Waals surface area contributed by atoms with E-state index in [1.54, 1.807) is 22.3 Å². The number of benzene rings is 1. The highest BCUT2D eigenvalue weighted by Gasteiger charge is 2.32. The molecule has 2 aromatic heterocycles. The summed E-state index contributed by atoms with van der Waals surface area (Å²) in [6.45, 7) is 11.3. The molecule has 0 spiro atoms. The van der Waals surface area contributed by atoms with Crippen molar-refractivity contribution in [3.63, 3.8) is 0 Å². The molecular weight excluding hydrogens is 424 g/mol. The molecule has 0 bridgehead atoms. The van der Waals surface area contributed by atoms with E-state index in [0.29, 0.717) is 41.8 Å². The van der Waals surface area contributed by atoms with Crippen molar-refractivity contribution in [2.75, 3.05) is 24.5 Å². The second-order valence-electron chi connectivity index (χ2n) is 8.52. The topological polar surface area (TPSA) is 71.7 Å². The van der Waals surface area contributed by atoms with Gasteiger partial charge in [0.2, 0.25) is 0 Å². The number of rotatable bonds is 2. The van der Waals surface area contributed by atoms with Crippen LogP contribution >= 0.6 is 22.9 Å². The SMILES string of the molecule is Cc1nc(-c2cc(Cl)cc3nc(N4CCN(C(=O)OC(C)(C)C)CC4C)oc23)cs1. The molecule has 1 aliphatic rings. The largest absolute Gasteiger partial charge is 0.444 e. The summed E-state index contributed by atoms with van der Waals surface area (Å²) in [5, 5.41) is 3.56. The van der Waals surface area contributed by atoms with Gasteiger partial charge in [-0.25, -0.2) is 9.78 Å². The Morgan fingerprint density at radius 3 is 2.70 bits per heavy atom. The van der Waals surface area contributed by atoms with Gasteiger partial charge in [-0.1, -0.05) is 11.6 Å². The van der Waals surface area contributed by atoms with Crippen LogP contribution in [0.25, 0.3) is 22.4 Å². The lowest BCUT2D eigenvalue weighted by molar-refractivity contribution is 0.0216. The van der Waals surface area contributed by atoms with Crippen LogP contribution in [0.2, 0.25) is 5.02 Å². The Kier molecular flexibility index (Phi) is 5.40. The third-order valence-corrected chi connectivity index (χ3v) is 5.86. The molecule has 1 unspecified atom stereocenters. The van der Waals surface area contributed by atoms with Crippen LogP contribution in [0.4, 0.5) is 10.8 Å². The van der Waals surface area contributed by atoms with E-state index in [9.17, 15) is 4.79 Å². The van der Waals surface area contributed by atoms with Crippen LogP contribution in [0.3, 0.4) is 0 Å². The van der Waals surface area contributed by atoms with E-state index in [2.05, 4.69) is 14.9 Å². The average molecular weight is 449 g/mol. The van der Waals surface area contributed by atoms with Crippen molar-refractivity contribution in [3.05, 3.63) is 27.5 Å². The van der Waals surface area contributed by atoms with Gasteiger partial charge in [0, 0.05) is 41.6 Å². The Morgan fingerprint density at radius 2 is 2.07 bits per heavy atom. The first-order chi connectivity index (χ1) is 14.1. The van der Waals surface area contributed by atoms with Crippen LogP contribution in [0.5, 0.6) is 0 Å². The maximum atomic E-state index is 12.4. The number of amides is 1. The molecule has 7 nitrogen and oxygen atoms in total. The zero-order chi connectivity index (χ0) is 21.6. The molecule has 0 N–H and O–H groups in total. The summed E-state index contributed by atoms with van der Waals surface area (Å²) in [5.74, 6) is 0. The van der Waals surface area contributed by atoms with Crippen molar-refractivity contribution < 1.29 is 13.9 Å². The lowest BCUT2D eigenvalue weighted by atomic mass is 10.1. The second-order valence-corrected chi connectivity index (χ2v) is 10.0. The molecule has 1 atom stereocenters. The Labute approximate surface area is 184 Å². The van der Waals surface area contributed by atoms with Crippen LogP contribution in [0, 0.1) is 6.92 Å².